The van der Waals surface area contributed by atoms with Gasteiger partial charge in [0.1, 0.15) is 11.9 Å². The van der Waals surface area contributed by atoms with Gasteiger partial charge in [-0.25, -0.2) is 10.3 Å². The van der Waals surface area contributed by atoms with Crippen molar-refractivity contribution in [2.45, 2.75) is 13.0 Å². The van der Waals surface area contributed by atoms with Crippen molar-refractivity contribution in [3.63, 3.8) is 0 Å². The minimum absolute atomic E-state index is 0.169. The third-order valence-electron chi connectivity index (χ3n) is 3.99. The zero-order valence-electron chi connectivity index (χ0n) is 15.6. The summed E-state index contributed by atoms with van der Waals surface area (Å²) in [6.45, 7) is 1.63. The summed E-state index contributed by atoms with van der Waals surface area (Å²) in [6.07, 6.45) is 0.343. The number of carbonyl (C=O) groups excluding carboxylic acids is 3. The minimum atomic E-state index is -1.06. The van der Waals surface area contributed by atoms with Gasteiger partial charge >= 0.3 is 6.09 Å². The van der Waals surface area contributed by atoms with Gasteiger partial charge in [-0.3, -0.25) is 20.1 Å². The first-order chi connectivity index (χ1) is 14.2. The Hall–Kier alpha value is -2.69. The van der Waals surface area contributed by atoms with E-state index in [2.05, 4.69) is 37.2 Å². The molecule has 2 atom stereocenters. The molecule has 0 unspecified atom stereocenters. The van der Waals surface area contributed by atoms with Crippen LogP contribution in [0.25, 0.3) is 0 Å². The van der Waals surface area contributed by atoms with Crippen LogP contribution in [-0.4, -0.2) is 28.2 Å². The van der Waals surface area contributed by atoms with E-state index in [-0.39, 0.29) is 16.9 Å². The standard InChI is InChI=1S/C20H18Br2N2O6/c1-11(7-8-16(25)24-29)18(14-9-13(21)10-15(22)17(14)26)30-20(28)23-19(27)12-5-3-2-4-6-12/h2-11,18,26,29H,1H3,(H,24,25)(H,23,27,28)/b8-7+/t11-,18-/m0/s1. The summed E-state index contributed by atoms with van der Waals surface area (Å²) in [6, 6.07) is 11.3. The Kier molecular flexibility index (Phi) is 8.58. The lowest BCUT2D eigenvalue weighted by atomic mass is 9.96. The van der Waals surface area contributed by atoms with Crippen molar-refractivity contribution in [3.8, 4) is 5.75 Å². The molecule has 0 aliphatic rings. The number of phenolic OH excluding ortho intramolecular Hbond substituents is 1. The molecule has 0 saturated carbocycles. The van der Waals surface area contributed by atoms with Crippen molar-refractivity contribution >= 4 is 49.8 Å². The van der Waals surface area contributed by atoms with Crippen LogP contribution in [0.5, 0.6) is 5.75 Å². The van der Waals surface area contributed by atoms with Crippen LogP contribution in [0.4, 0.5) is 4.79 Å². The highest BCUT2D eigenvalue weighted by molar-refractivity contribution is 9.11. The lowest BCUT2D eigenvalue weighted by molar-refractivity contribution is -0.124. The van der Waals surface area contributed by atoms with E-state index in [0.29, 0.717) is 8.95 Å². The molecule has 4 N–H and O–H groups in total. The summed E-state index contributed by atoms with van der Waals surface area (Å²) in [5.41, 5.74) is 1.97. The van der Waals surface area contributed by atoms with E-state index in [4.69, 9.17) is 9.94 Å². The van der Waals surface area contributed by atoms with E-state index in [9.17, 15) is 19.5 Å². The molecule has 30 heavy (non-hydrogen) atoms. The molecule has 0 heterocycles. The van der Waals surface area contributed by atoms with Crippen molar-refractivity contribution in [2.75, 3.05) is 0 Å². The second-order valence-electron chi connectivity index (χ2n) is 6.17. The van der Waals surface area contributed by atoms with Crippen molar-refractivity contribution in [3.05, 3.63) is 74.7 Å². The van der Waals surface area contributed by atoms with Gasteiger partial charge in [-0.05, 0) is 40.2 Å². The van der Waals surface area contributed by atoms with Gasteiger partial charge in [0.2, 0.25) is 0 Å². The fourth-order valence-corrected chi connectivity index (χ4v) is 3.79. The van der Waals surface area contributed by atoms with Crippen LogP contribution < -0.4 is 10.8 Å². The quantitative estimate of drug-likeness (QED) is 0.246. The average molecular weight is 542 g/mol. The zero-order valence-corrected chi connectivity index (χ0v) is 18.8. The van der Waals surface area contributed by atoms with Gasteiger partial charge in [-0.1, -0.05) is 47.1 Å². The van der Waals surface area contributed by atoms with E-state index in [0.717, 1.165) is 6.08 Å². The fourth-order valence-electron chi connectivity index (χ4n) is 2.53. The summed E-state index contributed by atoms with van der Waals surface area (Å²) >= 11 is 6.53. The number of carbonyl (C=O) groups is 3. The summed E-state index contributed by atoms with van der Waals surface area (Å²) in [5, 5.41) is 21.2. The molecule has 2 rings (SSSR count). The van der Waals surface area contributed by atoms with Gasteiger partial charge < -0.3 is 9.84 Å². The summed E-state index contributed by atoms with van der Waals surface area (Å²) in [7, 11) is 0. The topological polar surface area (TPSA) is 125 Å². The molecule has 158 valence electrons. The van der Waals surface area contributed by atoms with E-state index >= 15 is 0 Å². The molecule has 0 radical (unpaired) electrons. The maximum atomic E-state index is 12.4. The largest absolute Gasteiger partial charge is 0.506 e. The van der Waals surface area contributed by atoms with Crippen LogP contribution in [0.3, 0.4) is 0 Å². The van der Waals surface area contributed by atoms with Crippen molar-refractivity contribution in [1.29, 1.82) is 0 Å². The third-order valence-corrected chi connectivity index (χ3v) is 5.05. The first-order valence-corrected chi connectivity index (χ1v) is 10.2. The van der Waals surface area contributed by atoms with Gasteiger partial charge in [0.05, 0.1) is 4.47 Å². The van der Waals surface area contributed by atoms with Crippen LogP contribution >= 0.6 is 31.9 Å². The highest BCUT2D eigenvalue weighted by Crippen LogP contribution is 2.39. The Balaban J connectivity index is 2.29. The number of nitrogens with one attached hydrogen (secondary N) is 2. The Morgan fingerprint density at radius 1 is 1.13 bits per heavy atom. The third kappa shape index (κ3) is 6.41. The van der Waals surface area contributed by atoms with Gasteiger partial charge in [0, 0.05) is 27.6 Å². The molecule has 8 nitrogen and oxygen atoms in total. The number of alkyl carbamates (subject to hydrolysis) is 1. The van der Waals surface area contributed by atoms with E-state index in [1.165, 1.54) is 23.7 Å². The highest BCUT2D eigenvalue weighted by atomic mass is 79.9. The van der Waals surface area contributed by atoms with E-state index in [1.807, 2.05) is 0 Å². The lowest BCUT2D eigenvalue weighted by Gasteiger charge is -2.24. The number of amides is 3. The van der Waals surface area contributed by atoms with Crippen LogP contribution in [0, 0.1) is 5.92 Å². The number of imide groups is 1. The monoisotopic (exact) mass is 540 g/mol. The summed E-state index contributed by atoms with van der Waals surface area (Å²) in [4.78, 5) is 35.9. The van der Waals surface area contributed by atoms with Crippen molar-refractivity contribution in [2.24, 2.45) is 5.92 Å². The van der Waals surface area contributed by atoms with Gasteiger partial charge in [-0.2, -0.15) is 0 Å². The van der Waals surface area contributed by atoms with Gasteiger partial charge in [-0.15, -0.1) is 0 Å². The van der Waals surface area contributed by atoms with Crippen molar-refractivity contribution < 1.29 is 29.4 Å². The number of aromatic hydroxyl groups is 1. The number of benzene rings is 2. The molecule has 2 aromatic rings. The van der Waals surface area contributed by atoms with Crippen LogP contribution in [0.1, 0.15) is 28.9 Å². The molecule has 0 aliphatic heterocycles. The van der Waals surface area contributed by atoms with Crippen molar-refractivity contribution in [1.82, 2.24) is 10.8 Å². The average Bonchev–Trinajstić information content (AvgIpc) is 2.73. The lowest BCUT2D eigenvalue weighted by Crippen LogP contribution is -2.33. The smallest absolute Gasteiger partial charge is 0.414 e. The molecule has 0 spiro atoms. The van der Waals surface area contributed by atoms with E-state index in [1.54, 1.807) is 37.3 Å². The van der Waals surface area contributed by atoms with E-state index < -0.39 is 29.9 Å². The Morgan fingerprint density at radius 3 is 2.43 bits per heavy atom. The molecule has 3 amide bonds. The number of rotatable bonds is 6. The van der Waals surface area contributed by atoms with Crippen LogP contribution in [0.15, 0.2) is 63.6 Å². The Morgan fingerprint density at radius 2 is 1.80 bits per heavy atom. The fraction of sp³-hybridized carbons (Fsp3) is 0.150. The number of hydroxylamine groups is 1. The van der Waals surface area contributed by atoms with Gasteiger partial charge in [0.25, 0.3) is 11.8 Å². The number of ether oxygens (including phenoxy) is 1. The zero-order chi connectivity index (χ0) is 22.3. The molecule has 10 heteroatoms. The number of halogens is 2. The second-order valence-corrected chi connectivity index (χ2v) is 7.94. The molecule has 0 aliphatic carbocycles. The molecular formula is C20H18Br2N2O6. The molecule has 0 saturated heterocycles. The number of phenols is 1. The predicted molar refractivity (Wildman–Crippen MR) is 115 cm³/mol. The molecule has 0 fully saturated rings. The molecule has 0 aromatic heterocycles. The maximum absolute atomic E-state index is 12.4. The Labute approximate surface area is 189 Å². The minimum Gasteiger partial charge on any atom is -0.506 e. The molecule has 2 aromatic carbocycles. The predicted octanol–water partition coefficient (Wildman–Crippen LogP) is 4.22. The SMILES string of the molecule is C[C@@H](/C=C/C(=O)NO)[C@H](OC(=O)NC(=O)c1ccccc1)c1cc(Br)cc(Br)c1O. The number of hydrogen-bond donors (Lipinski definition) is 4. The number of hydrogen-bond acceptors (Lipinski definition) is 6. The second kappa shape index (κ2) is 10.9. The van der Waals surface area contributed by atoms with Crippen LogP contribution in [-0.2, 0) is 9.53 Å². The van der Waals surface area contributed by atoms with Crippen LogP contribution in [0.2, 0.25) is 0 Å². The highest BCUT2D eigenvalue weighted by Gasteiger charge is 2.27. The Bertz CT molecular complexity index is 965. The first kappa shape index (κ1) is 23.6. The molecule has 0 bridgehead atoms. The van der Waals surface area contributed by atoms with Gasteiger partial charge in [0.15, 0.2) is 0 Å². The maximum Gasteiger partial charge on any atom is 0.414 e. The first-order valence-electron chi connectivity index (χ1n) is 8.60. The molecular weight excluding hydrogens is 524 g/mol. The normalized spacial score (nSPS) is 12.8. The summed E-state index contributed by atoms with van der Waals surface area (Å²) < 4.78 is 6.38. The summed E-state index contributed by atoms with van der Waals surface area (Å²) in [5.74, 6) is -2.21.